The zero-order valence-corrected chi connectivity index (χ0v) is 12.9. The van der Waals surface area contributed by atoms with E-state index in [1.54, 1.807) is 19.1 Å². The number of rotatable bonds is 5. The van der Waals surface area contributed by atoms with Gasteiger partial charge in [0.05, 0.1) is 5.02 Å². The SMILES string of the molecule is Cc1cccc(CNC(=O)[C@H](C)Oc2ccccc2Cl)c1. The van der Waals surface area contributed by atoms with Gasteiger partial charge in [0, 0.05) is 6.54 Å². The van der Waals surface area contributed by atoms with Gasteiger partial charge in [0.2, 0.25) is 0 Å². The summed E-state index contributed by atoms with van der Waals surface area (Å²) >= 11 is 6.01. The third-order valence-electron chi connectivity index (χ3n) is 3.06. The average Bonchev–Trinajstić information content (AvgIpc) is 2.47. The molecule has 2 rings (SSSR count). The molecule has 21 heavy (non-hydrogen) atoms. The van der Waals surface area contributed by atoms with Crippen LogP contribution in [0.25, 0.3) is 0 Å². The summed E-state index contributed by atoms with van der Waals surface area (Å²) in [5.41, 5.74) is 2.23. The van der Waals surface area contributed by atoms with Crippen molar-refractivity contribution in [1.29, 1.82) is 0 Å². The number of hydrogen-bond donors (Lipinski definition) is 1. The molecule has 3 nitrogen and oxygen atoms in total. The summed E-state index contributed by atoms with van der Waals surface area (Å²) in [6.07, 6.45) is -0.602. The highest BCUT2D eigenvalue weighted by molar-refractivity contribution is 6.32. The molecule has 0 unspecified atom stereocenters. The first kappa shape index (κ1) is 15.4. The van der Waals surface area contributed by atoms with Gasteiger partial charge >= 0.3 is 0 Å². The van der Waals surface area contributed by atoms with Crippen molar-refractivity contribution >= 4 is 17.5 Å². The van der Waals surface area contributed by atoms with Crippen molar-refractivity contribution in [2.75, 3.05) is 0 Å². The van der Waals surface area contributed by atoms with Gasteiger partial charge in [-0.1, -0.05) is 53.6 Å². The standard InChI is InChI=1S/C17H18ClNO2/c1-12-6-5-7-14(10-12)11-19-17(20)13(2)21-16-9-4-3-8-15(16)18/h3-10,13H,11H2,1-2H3,(H,19,20)/t13-/m0/s1. The van der Waals surface area contributed by atoms with Gasteiger partial charge in [0.1, 0.15) is 5.75 Å². The predicted octanol–water partition coefficient (Wildman–Crippen LogP) is 3.73. The first-order valence-corrected chi connectivity index (χ1v) is 7.18. The third kappa shape index (κ3) is 4.50. The van der Waals surface area contributed by atoms with Crippen LogP contribution >= 0.6 is 11.6 Å². The maximum atomic E-state index is 12.0. The van der Waals surface area contributed by atoms with E-state index in [9.17, 15) is 4.79 Å². The first-order chi connectivity index (χ1) is 10.1. The summed E-state index contributed by atoms with van der Waals surface area (Å²) in [5.74, 6) is 0.341. The number of carbonyl (C=O) groups excluding carboxylic acids is 1. The number of carbonyl (C=O) groups is 1. The zero-order valence-electron chi connectivity index (χ0n) is 12.1. The highest BCUT2D eigenvalue weighted by Gasteiger charge is 2.15. The molecule has 0 aliphatic rings. The van der Waals surface area contributed by atoms with E-state index in [2.05, 4.69) is 5.32 Å². The molecule has 0 aliphatic carbocycles. The van der Waals surface area contributed by atoms with Gasteiger partial charge in [-0.15, -0.1) is 0 Å². The van der Waals surface area contributed by atoms with E-state index in [1.165, 1.54) is 5.56 Å². The van der Waals surface area contributed by atoms with Gasteiger partial charge in [-0.2, -0.15) is 0 Å². The van der Waals surface area contributed by atoms with E-state index >= 15 is 0 Å². The van der Waals surface area contributed by atoms with Gasteiger partial charge in [-0.25, -0.2) is 0 Å². The Bertz CT molecular complexity index is 628. The summed E-state index contributed by atoms with van der Waals surface area (Å²) in [6, 6.07) is 15.1. The minimum absolute atomic E-state index is 0.170. The van der Waals surface area contributed by atoms with Crippen LogP contribution in [-0.4, -0.2) is 12.0 Å². The highest BCUT2D eigenvalue weighted by Crippen LogP contribution is 2.24. The van der Waals surface area contributed by atoms with Crippen molar-refractivity contribution in [3.8, 4) is 5.75 Å². The van der Waals surface area contributed by atoms with Crippen molar-refractivity contribution in [1.82, 2.24) is 5.32 Å². The van der Waals surface area contributed by atoms with Crippen molar-refractivity contribution in [2.24, 2.45) is 0 Å². The number of halogens is 1. The summed E-state index contributed by atoms with van der Waals surface area (Å²) in [6.45, 7) is 4.21. The number of para-hydroxylation sites is 1. The molecule has 0 fully saturated rings. The Morgan fingerprint density at radius 1 is 1.24 bits per heavy atom. The smallest absolute Gasteiger partial charge is 0.261 e. The molecule has 0 aliphatic heterocycles. The molecule has 0 bridgehead atoms. The van der Waals surface area contributed by atoms with Crippen LogP contribution in [-0.2, 0) is 11.3 Å². The van der Waals surface area contributed by atoms with Crippen LogP contribution in [0, 0.1) is 6.92 Å². The largest absolute Gasteiger partial charge is 0.479 e. The van der Waals surface area contributed by atoms with Crippen LogP contribution in [0.1, 0.15) is 18.1 Å². The Morgan fingerprint density at radius 3 is 2.71 bits per heavy atom. The Kier molecular flexibility index (Phi) is 5.23. The van der Waals surface area contributed by atoms with Crippen LogP contribution in [0.2, 0.25) is 5.02 Å². The fourth-order valence-electron chi connectivity index (χ4n) is 1.94. The van der Waals surface area contributed by atoms with Crippen LogP contribution in [0.4, 0.5) is 0 Å². The molecule has 0 radical (unpaired) electrons. The molecule has 110 valence electrons. The van der Waals surface area contributed by atoms with Gasteiger partial charge in [0.15, 0.2) is 6.10 Å². The highest BCUT2D eigenvalue weighted by atomic mass is 35.5. The van der Waals surface area contributed by atoms with Crippen molar-refractivity contribution in [3.05, 3.63) is 64.7 Å². The van der Waals surface area contributed by atoms with E-state index in [0.717, 1.165) is 5.56 Å². The molecule has 2 aromatic carbocycles. The van der Waals surface area contributed by atoms with E-state index in [0.29, 0.717) is 17.3 Å². The van der Waals surface area contributed by atoms with Crippen LogP contribution in [0.5, 0.6) is 5.75 Å². The third-order valence-corrected chi connectivity index (χ3v) is 3.37. The van der Waals surface area contributed by atoms with Crippen LogP contribution in [0.3, 0.4) is 0 Å². The zero-order chi connectivity index (χ0) is 15.2. The molecule has 4 heteroatoms. The molecule has 1 atom stereocenters. The minimum Gasteiger partial charge on any atom is -0.479 e. The fourth-order valence-corrected chi connectivity index (χ4v) is 2.12. The van der Waals surface area contributed by atoms with Gasteiger partial charge in [-0.3, -0.25) is 4.79 Å². The molecule has 1 amide bonds. The molecule has 0 spiro atoms. The Morgan fingerprint density at radius 2 is 2.00 bits per heavy atom. The Balaban J connectivity index is 1.90. The molecule has 0 heterocycles. The second-order valence-electron chi connectivity index (χ2n) is 4.90. The second kappa shape index (κ2) is 7.14. The number of amides is 1. The second-order valence-corrected chi connectivity index (χ2v) is 5.30. The molecule has 0 aromatic heterocycles. The molecule has 2 aromatic rings. The average molecular weight is 304 g/mol. The number of benzene rings is 2. The Labute approximate surface area is 129 Å². The summed E-state index contributed by atoms with van der Waals surface area (Å²) in [7, 11) is 0. The van der Waals surface area contributed by atoms with Crippen LogP contribution < -0.4 is 10.1 Å². The van der Waals surface area contributed by atoms with E-state index < -0.39 is 6.10 Å². The topological polar surface area (TPSA) is 38.3 Å². The monoisotopic (exact) mass is 303 g/mol. The van der Waals surface area contributed by atoms with E-state index in [4.69, 9.17) is 16.3 Å². The van der Waals surface area contributed by atoms with Gasteiger partial charge in [-0.05, 0) is 31.5 Å². The maximum Gasteiger partial charge on any atom is 0.261 e. The molecule has 0 saturated carbocycles. The Hall–Kier alpha value is -2.00. The minimum atomic E-state index is -0.602. The number of hydrogen-bond acceptors (Lipinski definition) is 2. The lowest BCUT2D eigenvalue weighted by Crippen LogP contribution is -2.35. The number of aryl methyl sites for hydroxylation is 1. The van der Waals surface area contributed by atoms with Gasteiger partial charge in [0.25, 0.3) is 5.91 Å². The lowest BCUT2D eigenvalue weighted by molar-refractivity contribution is -0.127. The number of ether oxygens (including phenoxy) is 1. The maximum absolute atomic E-state index is 12.0. The van der Waals surface area contributed by atoms with Crippen molar-refractivity contribution in [3.63, 3.8) is 0 Å². The van der Waals surface area contributed by atoms with Crippen molar-refractivity contribution < 1.29 is 9.53 Å². The quantitative estimate of drug-likeness (QED) is 0.914. The van der Waals surface area contributed by atoms with E-state index in [-0.39, 0.29) is 5.91 Å². The molecule has 0 saturated heterocycles. The summed E-state index contributed by atoms with van der Waals surface area (Å²) in [4.78, 5) is 12.0. The predicted molar refractivity (Wildman–Crippen MR) is 84.6 cm³/mol. The van der Waals surface area contributed by atoms with Crippen LogP contribution in [0.15, 0.2) is 48.5 Å². The van der Waals surface area contributed by atoms with E-state index in [1.807, 2.05) is 43.3 Å². The van der Waals surface area contributed by atoms with Gasteiger partial charge < -0.3 is 10.1 Å². The lowest BCUT2D eigenvalue weighted by atomic mass is 10.1. The number of nitrogens with one attached hydrogen (secondary N) is 1. The summed E-state index contributed by atoms with van der Waals surface area (Å²) in [5, 5.41) is 3.35. The molecular weight excluding hydrogens is 286 g/mol. The molecular formula is C17H18ClNO2. The summed E-state index contributed by atoms with van der Waals surface area (Å²) < 4.78 is 5.58. The molecule has 1 N–H and O–H groups in total. The normalized spacial score (nSPS) is 11.8. The van der Waals surface area contributed by atoms with Crippen molar-refractivity contribution in [2.45, 2.75) is 26.5 Å². The fraction of sp³-hybridized carbons (Fsp3) is 0.235. The lowest BCUT2D eigenvalue weighted by Gasteiger charge is -2.15. The first-order valence-electron chi connectivity index (χ1n) is 6.80.